The van der Waals surface area contributed by atoms with Crippen LogP contribution in [0.4, 0.5) is 0 Å². The molecule has 0 aromatic carbocycles. The molecule has 0 radical (unpaired) electrons. The standard InChI is InChI=1S/C16H30N2OS/c1-12(2)15-10-17-16(3,13-4-5-13)11-18(15)14-6-8-20(19)9-7-14/h12-15,17H,4-11H2,1-3H3. The van der Waals surface area contributed by atoms with Crippen LogP contribution < -0.4 is 5.32 Å². The Hall–Kier alpha value is 0.0700. The average molecular weight is 298 g/mol. The maximum Gasteiger partial charge on any atom is 0.0309 e. The highest BCUT2D eigenvalue weighted by molar-refractivity contribution is 7.85. The minimum Gasteiger partial charge on any atom is -0.308 e. The number of rotatable bonds is 3. The molecule has 3 rings (SSSR count). The van der Waals surface area contributed by atoms with Crippen molar-refractivity contribution >= 4 is 10.8 Å². The van der Waals surface area contributed by atoms with Gasteiger partial charge in [-0.05, 0) is 44.4 Å². The Morgan fingerprint density at radius 3 is 2.40 bits per heavy atom. The predicted octanol–water partition coefficient (Wildman–Crippen LogP) is 2.00. The predicted molar refractivity (Wildman–Crippen MR) is 85.4 cm³/mol. The fourth-order valence-electron chi connectivity index (χ4n) is 4.13. The van der Waals surface area contributed by atoms with Gasteiger partial charge < -0.3 is 5.32 Å². The summed E-state index contributed by atoms with van der Waals surface area (Å²) in [5.41, 5.74) is 0.321. The van der Waals surface area contributed by atoms with Crippen molar-refractivity contribution in [3.63, 3.8) is 0 Å². The number of nitrogens with one attached hydrogen (secondary N) is 1. The minimum absolute atomic E-state index is 0.321. The van der Waals surface area contributed by atoms with E-state index >= 15 is 0 Å². The molecule has 2 unspecified atom stereocenters. The van der Waals surface area contributed by atoms with E-state index in [-0.39, 0.29) is 0 Å². The molecule has 3 aliphatic rings. The van der Waals surface area contributed by atoms with E-state index in [1.165, 1.54) is 19.4 Å². The number of piperazine rings is 1. The summed E-state index contributed by atoms with van der Waals surface area (Å²) in [4.78, 5) is 2.79. The van der Waals surface area contributed by atoms with Crippen molar-refractivity contribution < 1.29 is 4.21 Å². The molecule has 1 N–H and O–H groups in total. The third-order valence-corrected chi connectivity index (χ3v) is 7.11. The fraction of sp³-hybridized carbons (Fsp3) is 1.00. The summed E-state index contributed by atoms with van der Waals surface area (Å²) in [5.74, 6) is 3.41. The van der Waals surface area contributed by atoms with E-state index < -0.39 is 10.8 Å². The zero-order valence-electron chi connectivity index (χ0n) is 13.2. The van der Waals surface area contributed by atoms with Crippen LogP contribution in [0, 0.1) is 11.8 Å². The first-order chi connectivity index (χ1) is 9.49. The third-order valence-electron chi connectivity index (χ3n) is 5.73. The van der Waals surface area contributed by atoms with Crippen molar-refractivity contribution in [2.75, 3.05) is 24.6 Å². The summed E-state index contributed by atoms with van der Waals surface area (Å²) in [5, 5.41) is 3.87. The molecule has 2 heterocycles. The zero-order valence-corrected chi connectivity index (χ0v) is 14.0. The molecule has 0 aromatic heterocycles. The van der Waals surface area contributed by atoms with Gasteiger partial charge in [0.15, 0.2) is 0 Å². The molecule has 0 spiro atoms. The van der Waals surface area contributed by atoms with Crippen molar-refractivity contribution in [3.05, 3.63) is 0 Å². The second kappa shape index (κ2) is 5.69. The molecule has 3 nitrogen and oxygen atoms in total. The summed E-state index contributed by atoms with van der Waals surface area (Å²) >= 11 is 0. The average Bonchev–Trinajstić information content (AvgIpc) is 3.24. The lowest BCUT2D eigenvalue weighted by atomic mass is 9.86. The van der Waals surface area contributed by atoms with Crippen LogP contribution in [-0.4, -0.2) is 51.3 Å². The van der Waals surface area contributed by atoms with E-state index in [0.717, 1.165) is 36.8 Å². The van der Waals surface area contributed by atoms with E-state index in [2.05, 4.69) is 31.0 Å². The van der Waals surface area contributed by atoms with Gasteiger partial charge in [0.2, 0.25) is 0 Å². The second-order valence-electron chi connectivity index (χ2n) is 7.64. The van der Waals surface area contributed by atoms with Crippen LogP contribution >= 0.6 is 0 Å². The van der Waals surface area contributed by atoms with Gasteiger partial charge in [0.1, 0.15) is 0 Å². The van der Waals surface area contributed by atoms with Gasteiger partial charge in [-0.3, -0.25) is 9.11 Å². The minimum atomic E-state index is -0.545. The molecule has 2 atom stereocenters. The SMILES string of the molecule is CC(C)C1CNC(C)(C2CC2)CN1C1CCS(=O)CC1. The maximum absolute atomic E-state index is 11.6. The Balaban J connectivity index is 1.73. The zero-order chi connectivity index (χ0) is 14.3. The first-order valence-electron chi connectivity index (χ1n) is 8.35. The van der Waals surface area contributed by atoms with Crippen molar-refractivity contribution in [1.82, 2.24) is 10.2 Å². The fourth-order valence-corrected chi connectivity index (χ4v) is 5.41. The van der Waals surface area contributed by atoms with Crippen molar-refractivity contribution in [3.8, 4) is 0 Å². The van der Waals surface area contributed by atoms with Crippen LogP contribution in [0.3, 0.4) is 0 Å². The highest BCUT2D eigenvalue weighted by atomic mass is 32.2. The largest absolute Gasteiger partial charge is 0.308 e. The monoisotopic (exact) mass is 298 g/mol. The summed E-state index contributed by atoms with van der Waals surface area (Å²) in [6, 6.07) is 1.32. The summed E-state index contributed by atoms with van der Waals surface area (Å²) in [6.45, 7) is 9.44. The molecule has 0 aromatic rings. The number of hydrogen-bond acceptors (Lipinski definition) is 3. The molecule has 1 aliphatic carbocycles. The molecule has 4 heteroatoms. The maximum atomic E-state index is 11.6. The Morgan fingerprint density at radius 1 is 1.20 bits per heavy atom. The van der Waals surface area contributed by atoms with Gasteiger partial charge in [0.25, 0.3) is 0 Å². The molecule has 2 saturated heterocycles. The quantitative estimate of drug-likeness (QED) is 0.865. The summed E-state index contributed by atoms with van der Waals surface area (Å²) < 4.78 is 11.6. The van der Waals surface area contributed by atoms with Gasteiger partial charge in [0, 0.05) is 53.0 Å². The Kier molecular flexibility index (Phi) is 4.27. The smallest absolute Gasteiger partial charge is 0.0309 e. The molecular weight excluding hydrogens is 268 g/mol. The Labute approximate surface area is 126 Å². The molecule has 3 fully saturated rings. The molecular formula is C16H30N2OS. The first-order valence-corrected chi connectivity index (χ1v) is 9.84. The Morgan fingerprint density at radius 2 is 1.85 bits per heavy atom. The molecule has 20 heavy (non-hydrogen) atoms. The lowest BCUT2D eigenvalue weighted by molar-refractivity contribution is 0.0151. The van der Waals surface area contributed by atoms with Gasteiger partial charge >= 0.3 is 0 Å². The molecule has 2 aliphatic heterocycles. The van der Waals surface area contributed by atoms with Gasteiger partial charge in [-0.2, -0.15) is 0 Å². The van der Waals surface area contributed by atoms with Crippen LogP contribution in [0.1, 0.15) is 46.5 Å². The van der Waals surface area contributed by atoms with Gasteiger partial charge in [-0.25, -0.2) is 0 Å². The molecule has 0 amide bonds. The van der Waals surface area contributed by atoms with Crippen molar-refractivity contribution in [1.29, 1.82) is 0 Å². The van der Waals surface area contributed by atoms with Crippen LogP contribution in [0.5, 0.6) is 0 Å². The van der Waals surface area contributed by atoms with E-state index in [1.807, 2.05) is 0 Å². The normalized spacial score (nSPS) is 43.9. The third kappa shape index (κ3) is 2.97. The molecule has 116 valence electrons. The lowest BCUT2D eigenvalue weighted by Gasteiger charge is -2.51. The summed E-state index contributed by atoms with van der Waals surface area (Å²) in [7, 11) is -0.545. The summed E-state index contributed by atoms with van der Waals surface area (Å²) in [6.07, 6.45) is 5.07. The van der Waals surface area contributed by atoms with Crippen LogP contribution in [0.25, 0.3) is 0 Å². The van der Waals surface area contributed by atoms with E-state index in [1.54, 1.807) is 0 Å². The molecule has 0 bridgehead atoms. The van der Waals surface area contributed by atoms with Crippen molar-refractivity contribution in [2.24, 2.45) is 11.8 Å². The van der Waals surface area contributed by atoms with Crippen LogP contribution in [-0.2, 0) is 10.8 Å². The topological polar surface area (TPSA) is 32.3 Å². The number of hydrogen-bond donors (Lipinski definition) is 1. The second-order valence-corrected chi connectivity index (χ2v) is 9.33. The van der Waals surface area contributed by atoms with Gasteiger partial charge in [-0.15, -0.1) is 0 Å². The van der Waals surface area contributed by atoms with E-state index in [4.69, 9.17) is 0 Å². The molecule has 1 saturated carbocycles. The van der Waals surface area contributed by atoms with Crippen LogP contribution in [0.2, 0.25) is 0 Å². The highest BCUT2D eigenvalue weighted by Gasteiger charge is 2.47. The van der Waals surface area contributed by atoms with Crippen LogP contribution in [0.15, 0.2) is 0 Å². The van der Waals surface area contributed by atoms with E-state index in [0.29, 0.717) is 23.5 Å². The highest BCUT2D eigenvalue weighted by Crippen LogP contribution is 2.42. The van der Waals surface area contributed by atoms with Crippen molar-refractivity contribution in [2.45, 2.75) is 64.1 Å². The van der Waals surface area contributed by atoms with Gasteiger partial charge in [0.05, 0.1) is 0 Å². The number of nitrogens with zero attached hydrogens (tertiary/aromatic N) is 1. The Bertz CT molecular complexity index is 373. The first kappa shape index (κ1) is 15.0. The van der Waals surface area contributed by atoms with E-state index in [9.17, 15) is 4.21 Å². The van der Waals surface area contributed by atoms with Gasteiger partial charge in [-0.1, -0.05) is 13.8 Å². The lowest BCUT2D eigenvalue weighted by Crippen LogP contribution is -2.67.